The first-order valence-corrected chi connectivity index (χ1v) is 10.7. The third-order valence-electron chi connectivity index (χ3n) is 5.92. The standard InChI is InChI=1S/C23H24FN7O2/c1-30-19(22-26-17-5-4-15(24)11-18(17)27-22)12-20(29-30)28-23(32)14-3-6-21(25-13-14)31-9-7-16(33-2)8-10-31/h3-6,11-13,16H,7-10H2,1-2H3,(H,26,27)(H,28,29,32). The number of nitrogens with zero attached hydrogens (tertiary/aromatic N) is 5. The molecule has 1 fully saturated rings. The van der Waals surface area contributed by atoms with Crippen LogP contribution in [0.15, 0.2) is 42.6 Å². The Morgan fingerprint density at radius 3 is 2.76 bits per heavy atom. The number of hydrogen-bond donors (Lipinski definition) is 2. The van der Waals surface area contributed by atoms with Crippen LogP contribution in [0.5, 0.6) is 0 Å². The molecule has 33 heavy (non-hydrogen) atoms. The van der Waals surface area contributed by atoms with E-state index in [1.165, 1.54) is 12.1 Å². The van der Waals surface area contributed by atoms with Crippen LogP contribution in [0, 0.1) is 5.82 Å². The van der Waals surface area contributed by atoms with Gasteiger partial charge in [0, 0.05) is 45.6 Å². The van der Waals surface area contributed by atoms with Gasteiger partial charge < -0.3 is 19.9 Å². The number of carbonyl (C=O) groups is 1. The highest BCUT2D eigenvalue weighted by Crippen LogP contribution is 2.24. The van der Waals surface area contributed by atoms with Crippen molar-refractivity contribution in [2.45, 2.75) is 18.9 Å². The summed E-state index contributed by atoms with van der Waals surface area (Å²) < 4.78 is 20.5. The number of amides is 1. The largest absolute Gasteiger partial charge is 0.381 e. The minimum absolute atomic E-state index is 0.301. The minimum Gasteiger partial charge on any atom is -0.381 e. The summed E-state index contributed by atoms with van der Waals surface area (Å²) in [4.78, 5) is 27.0. The van der Waals surface area contributed by atoms with Gasteiger partial charge in [0.2, 0.25) is 0 Å². The number of carbonyl (C=O) groups excluding carboxylic acids is 1. The zero-order valence-corrected chi connectivity index (χ0v) is 18.4. The summed E-state index contributed by atoms with van der Waals surface area (Å²) in [5, 5.41) is 7.16. The van der Waals surface area contributed by atoms with Crippen molar-refractivity contribution in [3.63, 3.8) is 0 Å². The number of halogens is 1. The number of ether oxygens (including phenoxy) is 1. The Balaban J connectivity index is 1.28. The van der Waals surface area contributed by atoms with Crippen molar-refractivity contribution in [3.8, 4) is 11.5 Å². The van der Waals surface area contributed by atoms with Crippen molar-refractivity contribution < 1.29 is 13.9 Å². The average molecular weight is 449 g/mol. The minimum atomic E-state index is -0.349. The average Bonchev–Trinajstić information content (AvgIpc) is 3.41. The number of methoxy groups -OCH3 is 1. The fourth-order valence-electron chi connectivity index (χ4n) is 4.07. The number of aromatic amines is 1. The Hall–Kier alpha value is -3.79. The maximum absolute atomic E-state index is 13.5. The van der Waals surface area contributed by atoms with E-state index in [0.29, 0.717) is 34.5 Å². The zero-order chi connectivity index (χ0) is 22.9. The SMILES string of the molecule is COC1CCN(c2ccc(C(=O)Nc3cc(-c4nc5cc(F)ccc5[nH]4)n(C)n3)cn2)CC1. The van der Waals surface area contributed by atoms with Crippen LogP contribution < -0.4 is 10.2 Å². The van der Waals surface area contributed by atoms with Crippen LogP contribution in [0.25, 0.3) is 22.6 Å². The summed E-state index contributed by atoms with van der Waals surface area (Å²) in [5.74, 6) is 1.12. The molecule has 5 rings (SSSR count). The van der Waals surface area contributed by atoms with Crippen molar-refractivity contribution in [1.82, 2.24) is 24.7 Å². The molecule has 4 heterocycles. The fourth-order valence-corrected chi connectivity index (χ4v) is 4.07. The maximum Gasteiger partial charge on any atom is 0.258 e. The normalized spacial score (nSPS) is 14.7. The van der Waals surface area contributed by atoms with Crippen LogP contribution in [0.4, 0.5) is 16.0 Å². The number of hydrogen-bond acceptors (Lipinski definition) is 6. The van der Waals surface area contributed by atoms with Gasteiger partial charge in [0.15, 0.2) is 11.6 Å². The highest BCUT2D eigenvalue weighted by molar-refractivity contribution is 6.03. The van der Waals surface area contributed by atoms with Crippen LogP contribution in [-0.4, -0.2) is 56.9 Å². The van der Waals surface area contributed by atoms with Gasteiger partial charge in [0.1, 0.15) is 17.3 Å². The summed E-state index contributed by atoms with van der Waals surface area (Å²) in [5.41, 5.74) is 2.34. The number of fused-ring (bicyclic) bond motifs is 1. The predicted molar refractivity (Wildman–Crippen MR) is 123 cm³/mol. The number of rotatable bonds is 5. The molecule has 0 aliphatic carbocycles. The van der Waals surface area contributed by atoms with E-state index in [4.69, 9.17) is 4.74 Å². The predicted octanol–water partition coefficient (Wildman–Crippen LogP) is 3.37. The van der Waals surface area contributed by atoms with Crippen molar-refractivity contribution in [3.05, 3.63) is 54.0 Å². The third kappa shape index (κ3) is 4.29. The molecule has 0 atom stereocenters. The number of H-pyrrole nitrogens is 1. The van der Waals surface area contributed by atoms with Gasteiger partial charge in [-0.05, 0) is 37.1 Å². The van der Waals surface area contributed by atoms with E-state index in [1.807, 2.05) is 6.07 Å². The third-order valence-corrected chi connectivity index (χ3v) is 5.92. The van der Waals surface area contributed by atoms with Crippen molar-refractivity contribution in [1.29, 1.82) is 0 Å². The van der Waals surface area contributed by atoms with Gasteiger partial charge in [0.05, 0.1) is 22.7 Å². The smallest absolute Gasteiger partial charge is 0.258 e. The highest BCUT2D eigenvalue weighted by Gasteiger charge is 2.20. The molecule has 2 N–H and O–H groups in total. The number of pyridine rings is 1. The Morgan fingerprint density at radius 1 is 1.21 bits per heavy atom. The summed E-state index contributed by atoms with van der Waals surface area (Å²) in [6, 6.07) is 9.71. The van der Waals surface area contributed by atoms with E-state index in [9.17, 15) is 9.18 Å². The molecular weight excluding hydrogens is 425 g/mol. The zero-order valence-electron chi connectivity index (χ0n) is 18.4. The first-order chi connectivity index (χ1) is 16.0. The number of piperidine rings is 1. The summed E-state index contributed by atoms with van der Waals surface area (Å²) >= 11 is 0. The topological polar surface area (TPSA) is 101 Å². The van der Waals surface area contributed by atoms with E-state index >= 15 is 0 Å². The molecule has 1 amide bonds. The quantitative estimate of drug-likeness (QED) is 0.485. The van der Waals surface area contributed by atoms with E-state index < -0.39 is 0 Å². The molecule has 10 heteroatoms. The molecular formula is C23H24FN7O2. The summed E-state index contributed by atoms with van der Waals surface area (Å²) in [6.07, 6.45) is 3.80. The second-order valence-corrected chi connectivity index (χ2v) is 8.07. The second-order valence-electron chi connectivity index (χ2n) is 8.07. The molecule has 1 saturated heterocycles. The van der Waals surface area contributed by atoms with Gasteiger partial charge in [-0.15, -0.1) is 0 Å². The van der Waals surface area contributed by atoms with Gasteiger partial charge in [-0.25, -0.2) is 14.4 Å². The Kier molecular flexibility index (Phi) is 5.51. The number of benzene rings is 1. The van der Waals surface area contributed by atoms with E-state index in [1.54, 1.807) is 43.2 Å². The van der Waals surface area contributed by atoms with E-state index in [-0.39, 0.29) is 11.7 Å². The first kappa shape index (κ1) is 21.1. The number of aryl methyl sites for hydroxylation is 1. The van der Waals surface area contributed by atoms with Crippen molar-refractivity contribution >= 4 is 28.6 Å². The van der Waals surface area contributed by atoms with Gasteiger partial charge in [0.25, 0.3) is 5.91 Å². The lowest BCUT2D eigenvalue weighted by Gasteiger charge is -2.32. The summed E-state index contributed by atoms with van der Waals surface area (Å²) in [6.45, 7) is 1.75. The highest BCUT2D eigenvalue weighted by atomic mass is 19.1. The molecule has 1 aliphatic rings. The fraction of sp³-hybridized carbons (Fsp3) is 0.304. The Bertz CT molecular complexity index is 1290. The van der Waals surface area contributed by atoms with Gasteiger partial charge >= 0.3 is 0 Å². The lowest BCUT2D eigenvalue weighted by atomic mass is 10.1. The molecule has 170 valence electrons. The molecule has 1 aliphatic heterocycles. The van der Waals surface area contributed by atoms with E-state index in [0.717, 1.165) is 37.3 Å². The first-order valence-electron chi connectivity index (χ1n) is 10.7. The Morgan fingerprint density at radius 2 is 2.03 bits per heavy atom. The second kappa shape index (κ2) is 8.62. The number of nitrogens with one attached hydrogen (secondary N) is 2. The van der Waals surface area contributed by atoms with E-state index in [2.05, 4.69) is 30.3 Å². The van der Waals surface area contributed by atoms with Crippen LogP contribution in [0.2, 0.25) is 0 Å². The molecule has 4 aromatic rings. The van der Waals surface area contributed by atoms with Crippen LogP contribution in [0.1, 0.15) is 23.2 Å². The summed E-state index contributed by atoms with van der Waals surface area (Å²) in [7, 11) is 3.50. The molecule has 0 spiro atoms. The molecule has 1 aromatic carbocycles. The number of anilines is 2. The van der Waals surface area contributed by atoms with Crippen LogP contribution >= 0.6 is 0 Å². The lowest BCUT2D eigenvalue weighted by Crippen LogP contribution is -2.37. The molecule has 9 nitrogen and oxygen atoms in total. The maximum atomic E-state index is 13.5. The molecule has 0 radical (unpaired) electrons. The number of imidazole rings is 1. The van der Waals surface area contributed by atoms with Gasteiger partial charge in [-0.3, -0.25) is 9.48 Å². The number of aromatic nitrogens is 5. The van der Waals surface area contributed by atoms with Crippen molar-refractivity contribution in [2.75, 3.05) is 30.4 Å². The van der Waals surface area contributed by atoms with Crippen molar-refractivity contribution in [2.24, 2.45) is 7.05 Å². The van der Waals surface area contributed by atoms with Crippen LogP contribution in [-0.2, 0) is 11.8 Å². The molecule has 0 unspecified atom stereocenters. The Labute approximate surface area is 189 Å². The molecule has 0 saturated carbocycles. The molecule has 3 aromatic heterocycles. The lowest BCUT2D eigenvalue weighted by molar-refractivity contribution is 0.0818. The molecule has 0 bridgehead atoms. The van der Waals surface area contributed by atoms with Gasteiger partial charge in [-0.1, -0.05) is 0 Å². The van der Waals surface area contributed by atoms with Gasteiger partial charge in [-0.2, -0.15) is 5.10 Å². The monoisotopic (exact) mass is 449 g/mol. The van der Waals surface area contributed by atoms with Crippen LogP contribution in [0.3, 0.4) is 0 Å².